The summed E-state index contributed by atoms with van der Waals surface area (Å²) in [6.07, 6.45) is 1.01. The Morgan fingerprint density at radius 2 is 2.13 bits per heavy atom. The molecular formula is C12H14BrNO. The topological polar surface area (TPSA) is 21.6 Å². The summed E-state index contributed by atoms with van der Waals surface area (Å²) >= 11 is 3.58. The number of rotatable bonds is 1. The van der Waals surface area contributed by atoms with Crippen molar-refractivity contribution in [1.29, 1.82) is 0 Å². The third-order valence-electron chi connectivity index (χ3n) is 2.82. The molecule has 0 aromatic heterocycles. The van der Waals surface area contributed by atoms with E-state index < -0.39 is 0 Å². The predicted molar refractivity (Wildman–Crippen MR) is 65.2 cm³/mol. The van der Waals surface area contributed by atoms with Crippen molar-refractivity contribution < 1.29 is 4.84 Å². The van der Waals surface area contributed by atoms with Crippen molar-refractivity contribution in [2.75, 3.05) is 7.11 Å². The van der Waals surface area contributed by atoms with Gasteiger partial charge in [-0.1, -0.05) is 47.1 Å². The largest absolute Gasteiger partial charge is 0.399 e. The van der Waals surface area contributed by atoms with Crippen LogP contribution >= 0.6 is 15.9 Å². The summed E-state index contributed by atoms with van der Waals surface area (Å²) in [6, 6.07) is 6.22. The Kier molecular flexibility index (Phi) is 2.59. The van der Waals surface area contributed by atoms with Gasteiger partial charge in [-0.05, 0) is 18.1 Å². The van der Waals surface area contributed by atoms with Gasteiger partial charge in [0.25, 0.3) is 0 Å². The fraction of sp³-hybridized carbons (Fsp3) is 0.417. The number of hydrogen-bond donors (Lipinski definition) is 0. The fourth-order valence-electron chi connectivity index (χ4n) is 2.11. The van der Waals surface area contributed by atoms with E-state index in [4.69, 9.17) is 4.84 Å². The molecule has 1 aromatic carbocycles. The first-order chi connectivity index (χ1) is 7.06. The molecule has 0 saturated carbocycles. The van der Waals surface area contributed by atoms with Crippen molar-refractivity contribution in [2.24, 2.45) is 10.6 Å². The number of benzene rings is 1. The van der Waals surface area contributed by atoms with Gasteiger partial charge in [0.15, 0.2) is 0 Å². The van der Waals surface area contributed by atoms with Gasteiger partial charge in [-0.3, -0.25) is 0 Å². The Hall–Kier alpha value is -0.830. The van der Waals surface area contributed by atoms with Gasteiger partial charge in [-0.25, -0.2) is 0 Å². The molecule has 80 valence electrons. The minimum Gasteiger partial charge on any atom is -0.399 e. The van der Waals surface area contributed by atoms with Crippen molar-refractivity contribution in [3.8, 4) is 0 Å². The smallest absolute Gasteiger partial charge is 0.106 e. The summed E-state index contributed by atoms with van der Waals surface area (Å²) in [6.45, 7) is 4.38. The maximum Gasteiger partial charge on any atom is 0.106 e. The Bertz CT molecular complexity index is 424. The number of halogens is 1. The van der Waals surface area contributed by atoms with Gasteiger partial charge in [0.05, 0.1) is 5.71 Å². The van der Waals surface area contributed by atoms with E-state index in [2.05, 4.69) is 47.1 Å². The van der Waals surface area contributed by atoms with Gasteiger partial charge in [-0.15, -0.1) is 0 Å². The maximum absolute atomic E-state index is 4.93. The van der Waals surface area contributed by atoms with Crippen LogP contribution < -0.4 is 0 Å². The lowest BCUT2D eigenvalue weighted by molar-refractivity contribution is 0.209. The predicted octanol–water partition coefficient (Wildman–Crippen LogP) is 3.38. The molecule has 0 bridgehead atoms. The minimum absolute atomic E-state index is 0.0578. The van der Waals surface area contributed by atoms with Crippen molar-refractivity contribution in [3.63, 3.8) is 0 Å². The molecule has 0 N–H and O–H groups in total. The molecule has 0 atom stereocenters. The van der Waals surface area contributed by atoms with Crippen molar-refractivity contribution in [1.82, 2.24) is 0 Å². The Morgan fingerprint density at radius 3 is 2.80 bits per heavy atom. The average molecular weight is 268 g/mol. The van der Waals surface area contributed by atoms with Crippen LogP contribution in [-0.4, -0.2) is 12.8 Å². The first-order valence-electron chi connectivity index (χ1n) is 4.95. The molecular weight excluding hydrogens is 254 g/mol. The first kappa shape index (κ1) is 10.7. The highest BCUT2D eigenvalue weighted by atomic mass is 79.9. The average Bonchev–Trinajstić information content (AvgIpc) is 2.42. The van der Waals surface area contributed by atoms with Gasteiger partial charge in [-0.2, -0.15) is 0 Å². The SMILES string of the molecule is CO/N=C1\c2cccc(Br)c2CC1(C)C. The second-order valence-electron chi connectivity index (χ2n) is 4.45. The molecule has 15 heavy (non-hydrogen) atoms. The van der Waals surface area contributed by atoms with E-state index in [-0.39, 0.29) is 5.41 Å². The van der Waals surface area contributed by atoms with Gasteiger partial charge >= 0.3 is 0 Å². The highest BCUT2D eigenvalue weighted by molar-refractivity contribution is 9.10. The summed E-state index contributed by atoms with van der Waals surface area (Å²) in [5, 5.41) is 4.15. The fourth-order valence-corrected chi connectivity index (χ4v) is 2.62. The van der Waals surface area contributed by atoms with Gasteiger partial charge in [0.1, 0.15) is 7.11 Å². The zero-order valence-electron chi connectivity index (χ0n) is 9.17. The van der Waals surface area contributed by atoms with Crippen LogP contribution in [0.25, 0.3) is 0 Å². The number of fused-ring (bicyclic) bond motifs is 1. The third kappa shape index (κ3) is 1.69. The van der Waals surface area contributed by atoms with Crippen molar-refractivity contribution >= 4 is 21.6 Å². The Balaban J connectivity index is 2.60. The first-order valence-corrected chi connectivity index (χ1v) is 5.75. The Labute approximate surface area is 98.4 Å². The van der Waals surface area contributed by atoms with Crippen LogP contribution in [0, 0.1) is 5.41 Å². The summed E-state index contributed by atoms with van der Waals surface area (Å²) < 4.78 is 1.16. The molecule has 0 unspecified atom stereocenters. The van der Waals surface area contributed by atoms with E-state index in [1.807, 2.05) is 6.07 Å². The molecule has 1 aliphatic rings. The van der Waals surface area contributed by atoms with Gasteiger partial charge < -0.3 is 4.84 Å². The molecule has 0 heterocycles. The van der Waals surface area contributed by atoms with Crippen LogP contribution in [-0.2, 0) is 11.3 Å². The molecule has 0 amide bonds. The third-order valence-corrected chi connectivity index (χ3v) is 3.56. The van der Waals surface area contributed by atoms with Crippen LogP contribution in [0.3, 0.4) is 0 Å². The zero-order chi connectivity index (χ0) is 11.1. The van der Waals surface area contributed by atoms with Crippen LogP contribution in [0.5, 0.6) is 0 Å². The lowest BCUT2D eigenvalue weighted by atomic mass is 9.88. The van der Waals surface area contributed by atoms with Gasteiger partial charge in [0, 0.05) is 15.5 Å². The zero-order valence-corrected chi connectivity index (χ0v) is 10.8. The lowest BCUT2D eigenvalue weighted by Gasteiger charge is -2.17. The molecule has 2 nitrogen and oxygen atoms in total. The van der Waals surface area contributed by atoms with E-state index in [1.165, 1.54) is 11.1 Å². The lowest BCUT2D eigenvalue weighted by Crippen LogP contribution is -2.20. The molecule has 0 radical (unpaired) electrons. The standard InChI is InChI=1S/C12H14BrNO/c1-12(2)7-9-8(11(12)14-15-3)5-4-6-10(9)13/h4-6H,7H2,1-3H3/b14-11+. The molecule has 1 aliphatic carbocycles. The van der Waals surface area contributed by atoms with Crippen molar-refractivity contribution in [2.45, 2.75) is 20.3 Å². The quantitative estimate of drug-likeness (QED) is 0.715. The van der Waals surface area contributed by atoms with E-state index in [1.54, 1.807) is 7.11 Å². The van der Waals surface area contributed by atoms with Crippen LogP contribution in [0.15, 0.2) is 27.8 Å². The monoisotopic (exact) mass is 267 g/mol. The highest BCUT2D eigenvalue weighted by Gasteiger charge is 2.37. The molecule has 3 heteroatoms. The summed E-state index contributed by atoms with van der Waals surface area (Å²) in [7, 11) is 1.60. The van der Waals surface area contributed by atoms with Crippen LogP contribution in [0.2, 0.25) is 0 Å². The van der Waals surface area contributed by atoms with E-state index in [0.29, 0.717) is 0 Å². The van der Waals surface area contributed by atoms with Gasteiger partial charge in [0.2, 0.25) is 0 Å². The maximum atomic E-state index is 4.93. The second-order valence-corrected chi connectivity index (χ2v) is 5.30. The number of oxime groups is 1. The number of hydrogen-bond acceptors (Lipinski definition) is 2. The highest BCUT2D eigenvalue weighted by Crippen LogP contribution is 2.40. The molecule has 2 rings (SSSR count). The molecule has 0 spiro atoms. The van der Waals surface area contributed by atoms with Crippen LogP contribution in [0.1, 0.15) is 25.0 Å². The summed E-state index contributed by atoms with van der Waals surface area (Å²) in [5.74, 6) is 0. The van der Waals surface area contributed by atoms with E-state index in [0.717, 1.165) is 16.6 Å². The summed E-state index contributed by atoms with van der Waals surface area (Å²) in [5.41, 5.74) is 3.64. The molecule has 0 aliphatic heterocycles. The minimum atomic E-state index is 0.0578. The second kappa shape index (κ2) is 3.63. The van der Waals surface area contributed by atoms with Crippen molar-refractivity contribution in [3.05, 3.63) is 33.8 Å². The number of nitrogens with zero attached hydrogens (tertiary/aromatic N) is 1. The molecule has 1 aromatic rings. The molecule has 0 fully saturated rings. The molecule has 0 saturated heterocycles. The Morgan fingerprint density at radius 1 is 1.40 bits per heavy atom. The van der Waals surface area contributed by atoms with Crippen LogP contribution in [0.4, 0.5) is 0 Å². The van der Waals surface area contributed by atoms with E-state index >= 15 is 0 Å². The normalized spacial score (nSPS) is 20.4. The van der Waals surface area contributed by atoms with E-state index in [9.17, 15) is 0 Å². The summed E-state index contributed by atoms with van der Waals surface area (Å²) in [4.78, 5) is 4.93.